The quantitative estimate of drug-likeness (QED) is 0.766. The Morgan fingerprint density at radius 2 is 2.00 bits per heavy atom. The smallest absolute Gasteiger partial charge is 0.291 e. The lowest BCUT2D eigenvalue weighted by atomic mass is 9.76. The lowest BCUT2D eigenvalue weighted by Gasteiger charge is -2.27. The van der Waals surface area contributed by atoms with Crippen LogP contribution in [0.2, 0.25) is 0 Å². The van der Waals surface area contributed by atoms with Gasteiger partial charge in [-0.1, -0.05) is 32.0 Å². The summed E-state index contributed by atoms with van der Waals surface area (Å²) < 4.78 is 5.89. The van der Waals surface area contributed by atoms with Crippen LogP contribution in [-0.4, -0.2) is 35.1 Å². The van der Waals surface area contributed by atoms with Gasteiger partial charge in [0.05, 0.1) is 11.6 Å². The second-order valence-electron chi connectivity index (χ2n) is 9.44. The summed E-state index contributed by atoms with van der Waals surface area (Å²) in [6, 6.07) is 7.23. The summed E-state index contributed by atoms with van der Waals surface area (Å²) in [5.41, 5.74) is 8.07. The van der Waals surface area contributed by atoms with Crippen molar-refractivity contribution in [2.75, 3.05) is 11.9 Å². The molecule has 1 unspecified atom stereocenters. The molecule has 1 aromatic carbocycles. The van der Waals surface area contributed by atoms with Crippen molar-refractivity contribution in [3.05, 3.63) is 52.5 Å². The molecule has 2 aromatic rings. The van der Waals surface area contributed by atoms with Gasteiger partial charge in [-0.3, -0.25) is 19.3 Å². The third-order valence-corrected chi connectivity index (χ3v) is 6.31. The highest BCUT2D eigenvalue weighted by molar-refractivity contribution is 6.08. The normalized spacial score (nSPS) is 20.5. The molecule has 1 fully saturated rings. The SMILES string of the molecule is Cc1c(C(=O)Nc2ccccc2CN2CCCC2C(N)=O)oc2c1C(=O)CC(C)(C)C2. The summed E-state index contributed by atoms with van der Waals surface area (Å²) in [7, 11) is 0. The van der Waals surface area contributed by atoms with Gasteiger partial charge >= 0.3 is 0 Å². The van der Waals surface area contributed by atoms with E-state index in [0.717, 1.165) is 24.9 Å². The molecule has 31 heavy (non-hydrogen) atoms. The van der Waals surface area contributed by atoms with Crippen LogP contribution in [-0.2, 0) is 17.8 Å². The molecule has 7 nitrogen and oxygen atoms in total. The minimum Gasteiger partial charge on any atom is -0.455 e. The maximum Gasteiger partial charge on any atom is 0.291 e. The standard InChI is InChI=1S/C24H29N3O4/c1-14-20-18(28)11-24(2,3)12-19(20)31-21(14)23(30)26-16-8-5-4-7-15(16)13-27-10-6-9-17(27)22(25)29/h4-5,7-8,17H,6,9-13H2,1-3H3,(H2,25,29)(H,26,30). The highest BCUT2D eigenvalue weighted by atomic mass is 16.4. The van der Waals surface area contributed by atoms with E-state index in [1.807, 2.05) is 43.0 Å². The van der Waals surface area contributed by atoms with Crippen LogP contribution in [0.25, 0.3) is 0 Å². The molecule has 1 aromatic heterocycles. The summed E-state index contributed by atoms with van der Waals surface area (Å²) >= 11 is 0. The predicted molar refractivity (Wildman–Crippen MR) is 117 cm³/mol. The number of para-hydroxylation sites is 1. The van der Waals surface area contributed by atoms with Gasteiger partial charge in [0.1, 0.15) is 5.76 Å². The second kappa shape index (κ2) is 7.96. The number of benzene rings is 1. The number of nitrogens with one attached hydrogen (secondary N) is 1. The van der Waals surface area contributed by atoms with Crippen molar-refractivity contribution < 1.29 is 18.8 Å². The molecule has 1 atom stereocenters. The number of Topliss-reactive ketones (excluding diaryl/α,β-unsaturated/α-hetero) is 1. The van der Waals surface area contributed by atoms with Gasteiger partial charge < -0.3 is 15.5 Å². The molecule has 1 aliphatic heterocycles. The molecule has 164 valence electrons. The molecule has 0 radical (unpaired) electrons. The van der Waals surface area contributed by atoms with Gasteiger partial charge in [-0.2, -0.15) is 0 Å². The van der Waals surface area contributed by atoms with E-state index in [2.05, 4.69) is 5.32 Å². The van der Waals surface area contributed by atoms with Crippen LogP contribution >= 0.6 is 0 Å². The van der Waals surface area contributed by atoms with E-state index in [9.17, 15) is 14.4 Å². The number of amides is 2. The van der Waals surface area contributed by atoms with Gasteiger partial charge in [0.25, 0.3) is 5.91 Å². The number of rotatable bonds is 5. The zero-order chi connectivity index (χ0) is 22.3. The first-order valence-corrected chi connectivity index (χ1v) is 10.7. The Hall–Kier alpha value is -2.93. The van der Waals surface area contributed by atoms with Crippen molar-refractivity contribution >= 4 is 23.3 Å². The first kappa shape index (κ1) is 21.3. The Morgan fingerprint density at radius 3 is 2.74 bits per heavy atom. The van der Waals surface area contributed by atoms with Crippen LogP contribution in [0.15, 0.2) is 28.7 Å². The summed E-state index contributed by atoms with van der Waals surface area (Å²) in [5, 5.41) is 2.94. The summed E-state index contributed by atoms with van der Waals surface area (Å²) in [4.78, 5) is 39.5. The van der Waals surface area contributed by atoms with E-state index < -0.39 is 0 Å². The van der Waals surface area contributed by atoms with Crippen LogP contribution in [0.1, 0.15) is 70.9 Å². The number of furan rings is 1. The lowest BCUT2D eigenvalue weighted by Crippen LogP contribution is -2.39. The number of likely N-dealkylation sites (tertiary alicyclic amines) is 1. The number of hydrogen-bond donors (Lipinski definition) is 2. The molecule has 2 aliphatic rings. The summed E-state index contributed by atoms with van der Waals surface area (Å²) in [5.74, 6) is 0.111. The number of carbonyl (C=O) groups excluding carboxylic acids is 3. The van der Waals surface area contributed by atoms with Crippen LogP contribution in [0.4, 0.5) is 5.69 Å². The number of fused-ring (bicyclic) bond motifs is 1. The molecule has 7 heteroatoms. The van der Waals surface area contributed by atoms with Crippen LogP contribution in [0.5, 0.6) is 0 Å². The average Bonchev–Trinajstić information content (AvgIpc) is 3.27. The zero-order valence-corrected chi connectivity index (χ0v) is 18.3. The molecule has 2 amide bonds. The van der Waals surface area contributed by atoms with Crippen molar-refractivity contribution in [1.82, 2.24) is 4.90 Å². The first-order valence-electron chi connectivity index (χ1n) is 10.7. The molecular formula is C24H29N3O4. The summed E-state index contributed by atoms with van der Waals surface area (Å²) in [6.45, 7) is 7.13. The maximum absolute atomic E-state index is 13.1. The van der Waals surface area contributed by atoms with Crippen LogP contribution in [0.3, 0.4) is 0 Å². The largest absolute Gasteiger partial charge is 0.455 e. The lowest BCUT2D eigenvalue weighted by molar-refractivity contribution is -0.122. The molecule has 1 saturated heterocycles. The molecule has 1 aliphatic carbocycles. The second-order valence-corrected chi connectivity index (χ2v) is 9.44. The van der Waals surface area contributed by atoms with Gasteiger partial charge in [0, 0.05) is 30.6 Å². The Bertz CT molecular complexity index is 1050. The Kier molecular flexibility index (Phi) is 5.47. The molecule has 3 N–H and O–H groups in total. The molecule has 0 saturated carbocycles. The van der Waals surface area contributed by atoms with Crippen molar-refractivity contribution in [2.45, 2.75) is 59.0 Å². The van der Waals surface area contributed by atoms with Gasteiger partial charge in [-0.25, -0.2) is 0 Å². The highest BCUT2D eigenvalue weighted by Gasteiger charge is 2.37. The first-order chi connectivity index (χ1) is 14.7. The Morgan fingerprint density at radius 1 is 1.26 bits per heavy atom. The van der Waals surface area contributed by atoms with Crippen molar-refractivity contribution in [3.8, 4) is 0 Å². The van der Waals surface area contributed by atoms with Gasteiger partial charge in [0.15, 0.2) is 11.5 Å². The van der Waals surface area contributed by atoms with E-state index in [0.29, 0.717) is 42.0 Å². The average molecular weight is 424 g/mol. The van der Waals surface area contributed by atoms with E-state index in [4.69, 9.17) is 10.2 Å². The van der Waals surface area contributed by atoms with E-state index in [-0.39, 0.29) is 34.8 Å². The van der Waals surface area contributed by atoms with Gasteiger partial charge in [-0.15, -0.1) is 0 Å². The topological polar surface area (TPSA) is 106 Å². The Balaban J connectivity index is 1.57. The van der Waals surface area contributed by atoms with Crippen LogP contribution < -0.4 is 11.1 Å². The van der Waals surface area contributed by atoms with E-state index in [1.165, 1.54) is 0 Å². The number of primary amides is 1. The van der Waals surface area contributed by atoms with Gasteiger partial charge in [0.2, 0.25) is 5.91 Å². The summed E-state index contributed by atoms with van der Waals surface area (Å²) in [6.07, 6.45) is 2.75. The fourth-order valence-corrected chi connectivity index (χ4v) is 4.81. The Labute approximate surface area is 182 Å². The molecule has 4 rings (SSSR count). The van der Waals surface area contributed by atoms with Crippen molar-refractivity contribution in [2.24, 2.45) is 11.1 Å². The minimum atomic E-state index is -0.377. The van der Waals surface area contributed by atoms with Crippen LogP contribution in [0, 0.1) is 12.3 Å². The minimum absolute atomic E-state index is 0.0264. The van der Waals surface area contributed by atoms with Crippen molar-refractivity contribution in [3.63, 3.8) is 0 Å². The number of nitrogens with two attached hydrogens (primary N) is 1. The third-order valence-electron chi connectivity index (χ3n) is 6.31. The van der Waals surface area contributed by atoms with E-state index in [1.54, 1.807) is 6.92 Å². The molecule has 2 heterocycles. The highest BCUT2D eigenvalue weighted by Crippen LogP contribution is 2.38. The number of nitrogens with zero attached hydrogens (tertiary/aromatic N) is 1. The zero-order valence-electron chi connectivity index (χ0n) is 18.3. The number of hydrogen-bond acceptors (Lipinski definition) is 5. The fraction of sp³-hybridized carbons (Fsp3) is 0.458. The molecule has 0 bridgehead atoms. The monoisotopic (exact) mass is 423 g/mol. The fourth-order valence-electron chi connectivity index (χ4n) is 4.81. The number of anilines is 1. The molecular weight excluding hydrogens is 394 g/mol. The number of ketones is 1. The van der Waals surface area contributed by atoms with Gasteiger partial charge in [-0.05, 0) is 43.4 Å². The van der Waals surface area contributed by atoms with Crippen molar-refractivity contribution in [1.29, 1.82) is 0 Å². The van der Waals surface area contributed by atoms with E-state index >= 15 is 0 Å². The maximum atomic E-state index is 13.1. The molecule has 0 spiro atoms. The predicted octanol–water partition coefficient (Wildman–Crippen LogP) is 3.45. The number of carbonyl (C=O) groups is 3. The third kappa shape index (κ3) is 4.14.